The van der Waals surface area contributed by atoms with E-state index in [1.165, 1.54) is 18.7 Å². The smallest absolute Gasteiger partial charge is 0.306 e. The fraction of sp³-hybridized carbons (Fsp3) is 0.429. The van der Waals surface area contributed by atoms with E-state index in [1.807, 2.05) is 18.2 Å². The molecule has 0 aromatic heterocycles. The van der Waals surface area contributed by atoms with Gasteiger partial charge in [0, 0.05) is 23.6 Å². The first-order valence-corrected chi connectivity index (χ1v) is 7.75. The van der Waals surface area contributed by atoms with Crippen molar-refractivity contribution in [2.75, 3.05) is 12.3 Å². The normalized spacial score (nSPS) is 13.5. The Morgan fingerprint density at radius 1 is 1.38 bits per heavy atom. The van der Waals surface area contributed by atoms with Crippen LogP contribution in [0.2, 0.25) is 5.02 Å². The van der Waals surface area contributed by atoms with Crippen LogP contribution in [0.15, 0.2) is 29.2 Å². The first-order chi connectivity index (χ1) is 9.80. The lowest BCUT2D eigenvalue weighted by Gasteiger charge is -2.21. The molecule has 0 radical (unpaired) electrons. The van der Waals surface area contributed by atoms with E-state index in [2.05, 4.69) is 5.32 Å². The highest BCUT2D eigenvalue weighted by Crippen LogP contribution is 2.26. The Hall–Kier alpha value is -1.24. The van der Waals surface area contributed by atoms with Crippen molar-refractivity contribution in [2.24, 2.45) is 0 Å². The third kappa shape index (κ3) is 7.36. The van der Waals surface area contributed by atoms with Crippen LogP contribution in [0.1, 0.15) is 19.8 Å². The van der Waals surface area contributed by atoms with Crippen LogP contribution in [0.4, 0.5) is 0 Å². The molecule has 0 fully saturated rings. The van der Waals surface area contributed by atoms with Crippen LogP contribution in [0, 0.1) is 0 Å². The highest BCUT2D eigenvalue weighted by molar-refractivity contribution is 7.99. The van der Waals surface area contributed by atoms with E-state index in [1.54, 1.807) is 6.07 Å². The maximum atomic E-state index is 11.6. The summed E-state index contributed by atoms with van der Waals surface area (Å²) in [5, 5.41) is 21.6. The van der Waals surface area contributed by atoms with Gasteiger partial charge in [0.25, 0.3) is 0 Å². The molecule has 0 saturated carbocycles. The van der Waals surface area contributed by atoms with Crippen molar-refractivity contribution in [3.63, 3.8) is 0 Å². The fourth-order valence-electron chi connectivity index (χ4n) is 1.58. The number of halogens is 1. The van der Waals surface area contributed by atoms with Crippen molar-refractivity contribution in [3.8, 4) is 0 Å². The summed E-state index contributed by atoms with van der Waals surface area (Å²) in [4.78, 5) is 23.1. The van der Waals surface area contributed by atoms with Crippen molar-refractivity contribution in [3.05, 3.63) is 29.3 Å². The second kappa shape index (κ2) is 8.26. The maximum absolute atomic E-state index is 11.6. The molecule has 7 heteroatoms. The zero-order chi connectivity index (χ0) is 15.9. The molecule has 0 saturated heterocycles. The summed E-state index contributed by atoms with van der Waals surface area (Å²) in [7, 11) is 0. The minimum Gasteiger partial charge on any atom is -0.481 e. The summed E-state index contributed by atoms with van der Waals surface area (Å²) in [6.07, 6.45) is -0.152. The lowest BCUT2D eigenvalue weighted by atomic mass is 10.0. The fourth-order valence-corrected chi connectivity index (χ4v) is 2.77. The molecule has 1 atom stereocenters. The molecule has 0 spiro atoms. The van der Waals surface area contributed by atoms with Gasteiger partial charge in [-0.3, -0.25) is 9.59 Å². The molecule has 1 aromatic rings. The average Bonchev–Trinajstić information content (AvgIpc) is 2.37. The number of thioether (sulfide) groups is 1. The van der Waals surface area contributed by atoms with E-state index in [4.69, 9.17) is 16.7 Å². The Morgan fingerprint density at radius 3 is 2.67 bits per heavy atom. The second-order valence-corrected chi connectivity index (χ2v) is 6.42. The molecule has 21 heavy (non-hydrogen) atoms. The van der Waals surface area contributed by atoms with E-state index in [-0.39, 0.29) is 18.9 Å². The first kappa shape index (κ1) is 17.8. The molecular weight excluding hydrogens is 314 g/mol. The van der Waals surface area contributed by atoms with Gasteiger partial charge in [0.05, 0.1) is 17.0 Å². The lowest BCUT2D eigenvalue weighted by molar-refractivity contribution is -0.142. The van der Waals surface area contributed by atoms with Gasteiger partial charge in [0.2, 0.25) is 5.91 Å². The number of hydrogen-bond acceptors (Lipinski definition) is 4. The largest absolute Gasteiger partial charge is 0.481 e. The van der Waals surface area contributed by atoms with E-state index < -0.39 is 18.0 Å². The van der Waals surface area contributed by atoms with E-state index in [0.29, 0.717) is 10.8 Å². The van der Waals surface area contributed by atoms with Crippen molar-refractivity contribution in [2.45, 2.75) is 30.3 Å². The number of amides is 1. The van der Waals surface area contributed by atoms with Crippen molar-refractivity contribution in [1.82, 2.24) is 5.32 Å². The van der Waals surface area contributed by atoms with E-state index >= 15 is 0 Å². The SMILES string of the molecule is CC(O)(CNC(=O)CCSc1ccccc1Cl)CC(=O)O. The quantitative estimate of drug-likeness (QED) is 0.635. The number of aliphatic hydroxyl groups is 1. The van der Waals surface area contributed by atoms with Gasteiger partial charge in [-0.25, -0.2) is 0 Å². The molecule has 0 aliphatic heterocycles. The van der Waals surface area contributed by atoms with Crippen LogP contribution in [0.5, 0.6) is 0 Å². The van der Waals surface area contributed by atoms with Gasteiger partial charge in [-0.2, -0.15) is 0 Å². The van der Waals surface area contributed by atoms with Gasteiger partial charge in [-0.15, -0.1) is 11.8 Å². The number of nitrogens with one attached hydrogen (secondary N) is 1. The molecule has 1 unspecified atom stereocenters. The molecule has 1 amide bonds. The molecule has 5 nitrogen and oxygen atoms in total. The molecular formula is C14H18ClNO4S. The third-order valence-corrected chi connectivity index (χ3v) is 4.14. The standard InChI is InChI=1S/C14H18ClNO4S/c1-14(20,8-13(18)19)9-16-12(17)6-7-21-11-5-3-2-4-10(11)15/h2-5,20H,6-9H2,1H3,(H,16,17)(H,18,19). The number of benzene rings is 1. The van der Waals surface area contributed by atoms with Crippen molar-refractivity contribution >= 4 is 35.2 Å². The third-order valence-electron chi connectivity index (χ3n) is 2.62. The molecule has 116 valence electrons. The van der Waals surface area contributed by atoms with Crippen LogP contribution in [-0.2, 0) is 9.59 Å². The zero-order valence-corrected chi connectivity index (χ0v) is 13.2. The van der Waals surface area contributed by atoms with Gasteiger partial charge in [-0.05, 0) is 19.1 Å². The maximum Gasteiger partial charge on any atom is 0.306 e. The zero-order valence-electron chi connectivity index (χ0n) is 11.6. The summed E-state index contributed by atoms with van der Waals surface area (Å²) in [6.45, 7) is 1.29. The van der Waals surface area contributed by atoms with Crippen molar-refractivity contribution < 1.29 is 19.8 Å². The number of hydrogen-bond donors (Lipinski definition) is 3. The lowest BCUT2D eigenvalue weighted by Crippen LogP contribution is -2.42. The average molecular weight is 332 g/mol. The number of rotatable bonds is 8. The summed E-state index contributed by atoms with van der Waals surface area (Å²) in [6, 6.07) is 7.37. The Kier molecular flexibility index (Phi) is 7.01. The summed E-state index contributed by atoms with van der Waals surface area (Å²) in [5.41, 5.74) is -1.45. The summed E-state index contributed by atoms with van der Waals surface area (Å²) in [5.74, 6) is -0.792. The van der Waals surface area contributed by atoms with Gasteiger partial charge >= 0.3 is 5.97 Å². The monoisotopic (exact) mass is 331 g/mol. The van der Waals surface area contributed by atoms with Gasteiger partial charge in [0.15, 0.2) is 0 Å². The minimum absolute atomic E-state index is 0.0884. The number of carbonyl (C=O) groups is 2. The van der Waals surface area contributed by atoms with E-state index in [9.17, 15) is 14.7 Å². The minimum atomic E-state index is -1.45. The molecule has 0 aliphatic rings. The van der Waals surface area contributed by atoms with Crippen LogP contribution < -0.4 is 5.32 Å². The highest BCUT2D eigenvalue weighted by Gasteiger charge is 2.24. The number of carbonyl (C=O) groups excluding carboxylic acids is 1. The van der Waals surface area contributed by atoms with Gasteiger partial charge in [0.1, 0.15) is 0 Å². The Bertz CT molecular complexity index is 508. The van der Waals surface area contributed by atoms with Crippen molar-refractivity contribution in [1.29, 1.82) is 0 Å². The number of aliphatic carboxylic acids is 1. The number of carboxylic acids is 1. The van der Waals surface area contributed by atoms with E-state index in [0.717, 1.165) is 4.90 Å². The topological polar surface area (TPSA) is 86.6 Å². The van der Waals surface area contributed by atoms with Crippen LogP contribution in [0.3, 0.4) is 0 Å². The molecule has 1 aromatic carbocycles. The molecule has 1 rings (SSSR count). The summed E-state index contributed by atoms with van der Waals surface area (Å²) < 4.78 is 0. The molecule has 0 aliphatic carbocycles. The van der Waals surface area contributed by atoms with Gasteiger partial charge in [-0.1, -0.05) is 23.7 Å². The predicted molar refractivity (Wildman–Crippen MR) is 82.7 cm³/mol. The van der Waals surface area contributed by atoms with Crippen LogP contribution >= 0.6 is 23.4 Å². The summed E-state index contributed by atoms with van der Waals surface area (Å²) >= 11 is 7.47. The number of carboxylic acid groups (broad SMARTS) is 1. The van der Waals surface area contributed by atoms with Crippen LogP contribution in [-0.4, -0.2) is 40.0 Å². The first-order valence-electron chi connectivity index (χ1n) is 6.38. The Balaban J connectivity index is 2.29. The molecule has 3 N–H and O–H groups in total. The van der Waals surface area contributed by atoms with Gasteiger partial charge < -0.3 is 15.5 Å². The van der Waals surface area contributed by atoms with Crippen LogP contribution in [0.25, 0.3) is 0 Å². The second-order valence-electron chi connectivity index (χ2n) is 4.87. The Labute approximate surface area is 132 Å². The molecule has 0 heterocycles. The highest BCUT2D eigenvalue weighted by atomic mass is 35.5. The Morgan fingerprint density at radius 2 is 2.05 bits per heavy atom. The predicted octanol–water partition coefficient (Wildman–Crippen LogP) is 2.16. The molecule has 0 bridgehead atoms.